The van der Waals surface area contributed by atoms with Gasteiger partial charge in [0, 0.05) is 0 Å². The van der Waals surface area contributed by atoms with Crippen LogP contribution in [0, 0.1) is 11.9 Å². The molecule has 0 saturated carbocycles. The van der Waals surface area contributed by atoms with Crippen LogP contribution in [0.25, 0.3) is 0 Å². The van der Waals surface area contributed by atoms with Crippen LogP contribution in [0.1, 0.15) is 0 Å². The van der Waals surface area contributed by atoms with Gasteiger partial charge in [-0.05, 0) is 11.3 Å². The summed E-state index contributed by atoms with van der Waals surface area (Å²) in [4.78, 5) is 3.14. The van der Waals surface area contributed by atoms with Crippen molar-refractivity contribution in [1.82, 2.24) is 4.98 Å². The molecule has 0 aliphatic heterocycles. The summed E-state index contributed by atoms with van der Waals surface area (Å²) >= 11 is 0. The van der Waals surface area contributed by atoms with Gasteiger partial charge in [-0.2, -0.15) is 13.8 Å². The van der Waals surface area contributed by atoms with Crippen LogP contribution in [-0.4, -0.2) is 13.1 Å². The Hall–Kier alpha value is -0.773. The molecular weight excluding hydrogens is 176 g/mol. The van der Waals surface area contributed by atoms with Gasteiger partial charge in [0.25, 0.3) is 0 Å². The van der Waals surface area contributed by atoms with E-state index in [1.165, 1.54) is 12.1 Å². The predicted octanol–water partition coefficient (Wildman–Crippen LogP) is 1.91. The Bertz CT molecular complexity index is 294. The number of hydrogen-bond donors (Lipinski definition) is 0. The molecule has 1 nitrogen and oxygen atoms in total. The van der Waals surface area contributed by atoms with E-state index < -0.39 is 20.0 Å². The van der Waals surface area contributed by atoms with Gasteiger partial charge in [0.1, 0.15) is 0 Å². The Balaban J connectivity index is 3.19. The number of nitrogens with zero attached hydrogens (tertiary/aromatic N) is 1. The second kappa shape index (κ2) is 2.93. The lowest BCUT2D eigenvalue weighted by molar-refractivity contribution is 0.517. The number of aromatic nitrogens is 1. The van der Waals surface area contributed by atoms with Gasteiger partial charge in [-0.3, -0.25) is 0 Å². The highest BCUT2D eigenvalue weighted by Crippen LogP contribution is 2.04. The molecule has 1 heterocycles. The zero-order valence-electron chi connectivity index (χ0n) is 7.36. The van der Waals surface area contributed by atoms with Crippen LogP contribution in [0.3, 0.4) is 0 Å². The molecule has 66 valence electrons. The Morgan fingerprint density at radius 1 is 1.17 bits per heavy atom. The van der Waals surface area contributed by atoms with Crippen molar-refractivity contribution in [2.45, 2.75) is 19.6 Å². The van der Waals surface area contributed by atoms with Gasteiger partial charge in [0.2, 0.25) is 11.9 Å². The van der Waals surface area contributed by atoms with Crippen molar-refractivity contribution in [1.29, 1.82) is 0 Å². The van der Waals surface area contributed by atoms with Gasteiger partial charge in [-0.1, -0.05) is 25.7 Å². The van der Waals surface area contributed by atoms with E-state index in [9.17, 15) is 8.78 Å². The number of hydrogen-bond acceptors (Lipinski definition) is 1. The summed E-state index contributed by atoms with van der Waals surface area (Å²) in [6, 6.07) is 2.69. The van der Waals surface area contributed by atoms with Crippen molar-refractivity contribution in [3.63, 3.8) is 0 Å². The molecule has 12 heavy (non-hydrogen) atoms. The second-order valence-corrected chi connectivity index (χ2v) is 8.76. The van der Waals surface area contributed by atoms with E-state index >= 15 is 0 Å². The maximum Gasteiger partial charge on any atom is 0.215 e. The molecule has 0 N–H and O–H groups in total. The van der Waals surface area contributed by atoms with Crippen molar-refractivity contribution >= 4 is 13.3 Å². The van der Waals surface area contributed by atoms with Gasteiger partial charge in [-0.25, -0.2) is 0 Å². The molecule has 0 unspecified atom stereocenters. The molecule has 1 aromatic heterocycles. The lowest BCUT2D eigenvalue weighted by Crippen LogP contribution is -2.40. The van der Waals surface area contributed by atoms with Crippen molar-refractivity contribution in [3.8, 4) is 0 Å². The molecule has 0 bridgehead atoms. The van der Waals surface area contributed by atoms with E-state index in [1.807, 2.05) is 19.6 Å². The summed E-state index contributed by atoms with van der Waals surface area (Å²) in [5, 5.41) is 0.573. The van der Waals surface area contributed by atoms with Crippen LogP contribution in [0.2, 0.25) is 19.6 Å². The number of pyridine rings is 1. The normalized spacial score (nSPS) is 11.8. The molecular formula is C8H11F2NSi. The quantitative estimate of drug-likeness (QED) is 0.483. The topological polar surface area (TPSA) is 12.9 Å². The van der Waals surface area contributed by atoms with E-state index in [-0.39, 0.29) is 0 Å². The minimum atomic E-state index is -1.70. The Morgan fingerprint density at radius 3 is 2.17 bits per heavy atom. The smallest absolute Gasteiger partial charge is 0.191 e. The average Bonchev–Trinajstić information content (AvgIpc) is 1.83. The van der Waals surface area contributed by atoms with E-state index in [0.29, 0.717) is 5.19 Å². The van der Waals surface area contributed by atoms with E-state index in [2.05, 4.69) is 4.98 Å². The summed E-state index contributed by atoms with van der Waals surface area (Å²) in [5.41, 5.74) is 0. The molecule has 0 spiro atoms. The summed E-state index contributed by atoms with van der Waals surface area (Å²) in [5.74, 6) is -1.41. The van der Waals surface area contributed by atoms with Crippen LogP contribution >= 0.6 is 0 Å². The van der Waals surface area contributed by atoms with Crippen molar-refractivity contribution in [3.05, 3.63) is 24.0 Å². The van der Waals surface area contributed by atoms with E-state index in [1.54, 1.807) is 0 Å². The molecule has 1 rings (SSSR count). The van der Waals surface area contributed by atoms with Crippen molar-refractivity contribution in [2.75, 3.05) is 0 Å². The number of rotatable bonds is 1. The second-order valence-electron chi connectivity index (χ2n) is 3.72. The SMILES string of the molecule is C[Si](C)(C)c1ccc(F)nc1F. The predicted molar refractivity (Wildman–Crippen MR) is 47.1 cm³/mol. The summed E-state index contributed by atoms with van der Waals surface area (Å²) in [7, 11) is -1.70. The summed E-state index contributed by atoms with van der Waals surface area (Å²) in [6.45, 7) is 5.97. The fourth-order valence-electron chi connectivity index (χ4n) is 0.972. The summed E-state index contributed by atoms with van der Waals surface area (Å²) in [6.07, 6.45) is 0. The molecule has 0 aromatic carbocycles. The fraction of sp³-hybridized carbons (Fsp3) is 0.375. The first-order valence-corrected chi connectivity index (χ1v) is 7.24. The van der Waals surface area contributed by atoms with Crippen LogP contribution in [-0.2, 0) is 0 Å². The van der Waals surface area contributed by atoms with Gasteiger partial charge >= 0.3 is 0 Å². The minimum absolute atomic E-state index is 0.573. The van der Waals surface area contributed by atoms with Gasteiger partial charge < -0.3 is 0 Å². The first-order valence-electron chi connectivity index (χ1n) is 3.74. The highest BCUT2D eigenvalue weighted by molar-refractivity contribution is 6.88. The van der Waals surface area contributed by atoms with E-state index in [0.717, 1.165) is 0 Å². The van der Waals surface area contributed by atoms with Crippen LogP contribution in [0.5, 0.6) is 0 Å². The van der Waals surface area contributed by atoms with Gasteiger partial charge in [0.15, 0.2) is 0 Å². The summed E-state index contributed by atoms with van der Waals surface area (Å²) < 4.78 is 25.4. The molecule has 0 atom stereocenters. The monoisotopic (exact) mass is 187 g/mol. The lowest BCUT2D eigenvalue weighted by atomic mass is 10.5. The standard InChI is InChI=1S/C8H11F2NSi/c1-12(2,3)6-4-5-7(9)11-8(6)10/h4-5H,1-3H3. The molecule has 0 amide bonds. The minimum Gasteiger partial charge on any atom is -0.191 e. The van der Waals surface area contributed by atoms with Crippen LogP contribution in [0.4, 0.5) is 8.78 Å². The first kappa shape index (κ1) is 9.32. The molecule has 0 aliphatic carbocycles. The van der Waals surface area contributed by atoms with E-state index in [4.69, 9.17) is 0 Å². The van der Waals surface area contributed by atoms with Crippen molar-refractivity contribution in [2.24, 2.45) is 0 Å². The first-order chi connectivity index (χ1) is 5.41. The largest absolute Gasteiger partial charge is 0.215 e. The highest BCUT2D eigenvalue weighted by atomic mass is 28.3. The average molecular weight is 187 g/mol. The van der Waals surface area contributed by atoms with Crippen LogP contribution < -0.4 is 5.19 Å². The van der Waals surface area contributed by atoms with Crippen LogP contribution in [0.15, 0.2) is 12.1 Å². The third-order valence-electron chi connectivity index (χ3n) is 1.62. The molecule has 0 fully saturated rings. The van der Waals surface area contributed by atoms with Gasteiger partial charge in [-0.15, -0.1) is 0 Å². The zero-order chi connectivity index (χ0) is 9.35. The molecule has 0 saturated heterocycles. The maximum absolute atomic E-state index is 13.0. The maximum atomic E-state index is 13.0. The Morgan fingerprint density at radius 2 is 1.75 bits per heavy atom. The molecule has 0 aliphatic rings. The molecule has 4 heteroatoms. The molecule has 1 aromatic rings. The fourth-order valence-corrected chi connectivity index (χ4v) is 2.23. The lowest BCUT2D eigenvalue weighted by Gasteiger charge is -2.15. The van der Waals surface area contributed by atoms with Gasteiger partial charge in [0.05, 0.1) is 8.07 Å². The third-order valence-corrected chi connectivity index (χ3v) is 3.61. The zero-order valence-corrected chi connectivity index (χ0v) is 8.36. The third kappa shape index (κ3) is 1.88. The Labute approximate surface area is 71.5 Å². The number of halogens is 2. The van der Waals surface area contributed by atoms with Crippen molar-refractivity contribution < 1.29 is 8.78 Å². The Kier molecular flexibility index (Phi) is 2.28. The molecule has 0 radical (unpaired) electrons. The highest BCUT2D eigenvalue weighted by Gasteiger charge is 2.21.